The van der Waals surface area contributed by atoms with Crippen molar-refractivity contribution in [1.29, 1.82) is 0 Å². The smallest absolute Gasteiger partial charge is 0.300 e. The van der Waals surface area contributed by atoms with Crippen molar-refractivity contribution in [2.75, 3.05) is 31.1 Å². The van der Waals surface area contributed by atoms with E-state index in [1.54, 1.807) is 4.90 Å². The molecule has 1 aromatic rings. The van der Waals surface area contributed by atoms with Gasteiger partial charge in [-0.3, -0.25) is 0 Å². The maximum Gasteiger partial charge on any atom is 0.303 e. The molecule has 0 saturated heterocycles. The molecule has 0 radical (unpaired) electrons. The first-order valence-electron chi connectivity index (χ1n) is 8.55. The van der Waals surface area contributed by atoms with Crippen molar-refractivity contribution in [2.24, 2.45) is 0 Å². The number of rotatable bonds is 9. The Hall–Kier alpha value is -1.06. The highest BCUT2D eigenvalue weighted by Gasteiger charge is 2.40. The number of aryl methyl sites for hydroxylation is 2. The molecule has 0 atom stereocenters. The molecule has 0 N–H and O–H groups in total. The zero-order valence-electron chi connectivity index (χ0n) is 15.0. The van der Waals surface area contributed by atoms with Crippen LogP contribution in [0.3, 0.4) is 0 Å². The molecule has 0 aliphatic heterocycles. The predicted octanol–water partition coefficient (Wildman–Crippen LogP) is 2.63. The molecule has 0 heterocycles. The average molecular weight is 410 g/mol. The molecule has 0 spiro atoms. The van der Waals surface area contributed by atoms with E-state index < -0.39 is 32.0 Å². The fourth-order valence-corrected chi connectivity index (χ4v) is 4.34. The zero-order chi connectivity index (χ0) is 19.6. The van der Waals surface area contributed by atoms with Gasteiger partial charge in [0.25, 0.3) is 0 Å². The molecule has 9 heteroatoms. The first-order valence-corrected chi connectivity index (χ1v) is 11.7. The van der Waals surface area contributed by atoms with E-state index in [1.165, 1.54) is 0 Å². The second-order valence-electron chi connectivity index (χ2n) is 7.19. The Labute approximate surface area is 154 Å². The van der Waals surface area contributed by atoms with Gasteiger partial charge < -0.3 is 4.90 Å². The summed E-state index contributed by atoms with van der Waals surface area (Å²) in [4.78, 5) is 1.54. The van der Waals surface area contributed by atoms with Gasteiger partial charge in [0, 0.05) is 25.0 Å². The van der Waals surface area contributed by atoms with Crippen molar-refractivity contribution in [3.8, 4) is 0 Å². The third kappa shape index (κ3) is 5.99. The van der Waals surface area contributed by atoms with Gasteiger partial charge in [-0.1, -0.05) is 24.6 Å². The highest BCUT2D eigenvalue weighted by molar-refractivity contribution is 7.86. The van der Waals surface area contributed by atoms with Crippen molar-refractivity contribution in [2.45, 2.75) is 38.5 Å². The standard InChI is InChI=1S/C17H25F2NO4S2/c1-14-4-5-16(12-15(14)2)17(6-3-7-17)13-20(8-10-25(18,21)22)9-11-26(19,23)24/h4-5,12H,3,6-11,13H2,1-2H3. The fourth-order valence-electron chi connectivity index (χ4n) is 3.39. The number of nitrogens with zero attached hydrogens (tertiary/aromatic N) is 1. The van der Waals surface area contributed by atoms with E-state index in [4.69, 9.17) is 0 Å². The van der Waals surface area contributed by atoms with Crippen LogP contribution in [-0.2, 0) is 25.9 Å². The van der Waals surface area contributed by atoms with E-state index in [9.17, 15) is 24.6 Å². The molecule has 1 aliphatic rings. The number of hydrogen-bond acceptors (Lipinski definition) is 5. The average Bonchev–Trinajstić information content (AvgIpc) is 2.46. The molecular formula is C17H25F2NO4S2. The van der Waals surface area contributed by atoms with Crippen LogP contribution in [0.5, 0.6) is 0 Å². The van der Waals surface area contributed by atoms with Crippen LogP contribution >= 0.6 is 0 Å². The SMILES string of the molecule is Cc1ccc(C2(CN(CCS(=O)(=O)F)CCS(=O)(=O)F)CCC2)cc1C. The minimum Gasteiger partial charge on any atom is -0.300 e. The van der Waals surface area contributed by atoms with Gasteiger partial charge in [-0.25, -0.2) is 0 Å². The molecule has 1 fully saturated rings. The Kier molecular flexibility index (Phi) is 6.45. The summed E-state index contributed by atoms with van der Waals surface area (Å²) in [7, 11) is -9.36. The summed E-state index contributed by atoms with van der Waals surface area (Å²) < 4.78 is 69.3. The van der Waals surface area contributed by atoms with Gasteiger partial charge in [0.15, 0.2) is 0 Å². The molecule has 0 unspecified atom stereocenters. The lowest BCUT2D eigenvalue weighted by molar-refractivity contribution is 0.148. The summed E-state index contributed by atoms with van der Waals surface area (Å²) in [5.41, 5.74) is 3.16. The van der Waals surface area contributed by atoms with Gasteiger partial charge in [-0.2, -0.15) is 16.8 Å². The molecule has 2 rings (SSSR count). The van der Waals surface area contributed by atoms with Crippen molar-refractivity contribution < 1.29 is 24.6 Å². The summed E-state index contributed by atoms with van der Waals surface area (Å²) in [5.74, 6) is -1.47. The van der Waals surface area contributed by atoms with Gasteiger partial charge in [0.05, 0.1) is 11.5 Å². The minimum atomic E-state index is -4.68. The summed E-state index contributed by atoms with van der Waals surface area (Å²) in [6.45, 7) is 4.06. The normalized spacial score (nSPS) is 17.3. The van der Waals surface area contributed by atoms with Crippen LogP contribution in [0.2, 0.25) is 0 Å². The summed E-state index contributed by atoms with van der Waals surface area (Å²) in [6.07, 6.45) is 2.75. The highest BCUT2D eigenvalue weighted by atomic mass is 32.3. The zero-order valence-corrected chi connectivity index (χ0v) is 16.7. The summed E-state index contributed by atoms with van der Waals surface area (Å²) in [5, 5.41) is 0. The number of hydrogen-bond donors (Lipinski definition) is 0. The van der Waals surface area contributed by atoms with Crippen LogP contribution in [0, 0.1) is 13.8 Å². The topological polar surface area (TPSA) is 71.5 Å². The first-order chi connectivity index (χ1) is 11.9. The third-order valence-corrected chi connectivity index (χ3v) is 6.60. The fraction of sp³-hybridized carbons (Fsp3) is 0.647. The lowest BCUT2D eigenvalue weighted by Gasteiger charge is -2.46. The van der Waals surface area contributed by atoms with Gasteiger partial charge in [0.1, 0.15) is 0 Å². The first kappa shape index (κ1) is 21.2. The lowest BCUT2D eigenvalue weighted by atomic mass is 9.64. The molecule has 5 nitrogen and oxygen atoms in total. The van der Waals surface area contributed by atoms with Gasteiger partial charge >= 0.3 is 20.4 Å². The molecule has 0 aromatic heterocycles. The van der Waals surface area contributed by atoms with Crippen LogP contribution in [0.15, 0.2) is 18.2 Å². The Balaban J connectivity index is 2.20. The Morgan fingerprint density at radius 2 is 1.50 bits per heavy atom. The monoisotopic (exact) mass is 409 g/mol. The van der Waals surface area contributed by atoms with E-state index in [1.807, 2.05) is 26.0 Å². The maximum absolute atomic E-state index is 12.9. The predicted molar refractivity (Wildman–Crippen MR) is 97.7 cm³/mol. The molecule has 1 saturated carbocycles. The summed E-state index contributed by atoms with van der Waals surface area (Å²) >= 11 is 0. The summed E-state index contributed by atoms with van der Waals surface area (Å²) in [6, 6.07) is 6.13. The highest BCUT2D eigenvalue weighted by Crippen LogP contribution is 2.44. The second-order valence-corrected chi connectivity index (χ2v) is 10.2. The Morgan fingerprint density at radius 1 is 0.962 bits per heavy atom. The second kappa shape index (κ2) is 7.90. The van der Waals surface area contributed by atoms with Crippen molar-refractivity contribution >= 4 is 20.4 Å². The molecule has 0 bridgehead atoms. The van der Waals surface area contributed by atoms with E-state index in [-0.39, 0.29) is 18.5 Å². The largest absolute Gasteiger partial charge is 0.303 e. The van der Waals surface area contributed by atoms with Crippen LogP contribution in [0.1, 0.15) is 36.0 Å². The molecule has 1 aliphatic carbocycles. The Morgan fingerprint density at radius 3 is 1.88 bits per heavy atom. The molecule has 1 aromatic carbocycles. The van der Waals surface area contributed by atoms with E-state index in [2.05, 4.69) is 6.07 Å². The lowest BCUT2D eigenvalue weighted by Crippen LogP contribution is -2.48. The van der Waals surface area contributed by atoms with Crippen LogP contribution in [0.4, 0.5) is 7.77 Å². The van der Waals surface area contributed by atoms with E-state index >= 15 is 0 Å². The van der Waals surface area contributed by atoms with Gasteiger partial charge in [-0.15, -0.1) is 7.77 Å². The Bertz CT molecular complexity index is 814. The van der Waals surface area contributed by atoms with Crippen LogP contribution < -0.4 is 0 Å². The number of halogens is 2. The molecular weight excluding hydrogens is 384 g/mol. The van der Waals surface area contributed by atoms with Crippen molar-refractivity contribution in [3.05, 3.63) is 34.9 Å². The minimum absolute atomic E-state index is 0.166. The van der Waals surface area contributed by atoms with Crippen molar-refractivity contribution in [3.63, 3.8) is 0 Å². The van der Waals surface area contributed by atoms with Crippen molar-refractivity contribution in [1.82, 2.24) is 4.90 Å². The third-order valence-electron chi connectivity index (χ3n) is 5.26. The van der Waals surface area contributed by atoms with Crippen LogP contribution in [0.25, 0.3) is 0 Å². The van der Waals surface area contributed by atoms with Gasteiger partial charge in [0.2, 0.25) is 0 Å². The van der Waals surface area contributed by atoms with E-state index in [0.29, 0.717) is 6.54 Å². The van der Waals surface area contributed by atoms with Crippen LogP contribution in [-0.4, -0.2) is 52.9 Å². The van der Waals surface area contributed by atoms with E-state index in [0.717, 1.165) is 36.0 Å². The quantitative estimate of drug-likeness (QED) is 0.587. The number of benzene rings is 1. The molecule has 0 amide bonds. The molecule has 26 heavy (non-hydrogen) atoms. The maximum atomic E-state index is 12.9. The van der Waals surface area contributed by atoms with Gasteiger partial charge in [-0.05, 0) is 43.4 Å². The molecule has 148 valence electrons.